The number of pyridine rings is 1. The van der Waals surface area contributed by atoms with Gasteiger partial charge in [0.05, 0.1) is 0 Å². The molecule has 0 unspecified atom stereocenters. The fourth-order valence-corrected chi connectivity index (χ4v) is 5.85. The number of piperidine rings is 1. The number of carbonyl (C=O) groups is 1. The molecule has 3 aliphatic heterocycles. The van der Waals surface area contributed by atoms with Crippen molar-refractivity contribution in [2.45, 2.75) is 19.4 Å². The van der Waals surface area contributed by atoms with E-state index in [1.807, 2.05) is 24.4 Å². The van der Waals surface area contributed by atoms with Gasteiger partial charge < -0.3 is 19.3 Å². The molecule has 0 spiro atoms. The van der Waals surface area contributed by atoms with Gasteiger partial charge in [-0.25, -0.2) is 9.97 Å². The number of amides is 1. The van der Waals surface area contributed by atoms with Crippen LogP contribution in [0.3, 0.4) is 0 Å². The number of hydrogen-bond donors (Lipinski definition) is 0. The molecule has 0 N–H and O–H groups in total. The summed E-state index contributed by atoms with van der Waals surface area (Å²) in [5.74, 6) is 2.09. The molecular weight excluding hydrogens is 438 g/mol. The van der Waals surface area contributed by atoms with E-state index in [0.29, 0.717) is 12.7 Å². The van der Waals surface area contributed by atoms with Crippen molar-refractivity contribution in [2.24, 2.45) is 5.92 Å². The molecule has 5 heterocycles. The summed E-state index contributed by atoms with van der Waals surface area (Å²) in [6, 6.07) is 10.1. The maximum Gasteiger partial charge on any atom is 0.231 e. The minimum atomic E-state index is 0.120. The number of nitrogens with zero attached hydrogens (tertiary/aromatic N) is 5. The first-order chi connectivity index (χ1) is 16.2. The van der Waals surface area contributed by atoms with Crippen LogP contribution < -0.4 is 14.4 Å². The van der Waals surface area contributed by atoms with Crippen LogP contribution in [-0.2, 0) is 11.3 Å². The SMILES string of the molecule is O=C(C1CCN(c2nc3cccnc3s2)CC1)N1CCN(Cc2ccc3c(c2)OCO3)CC1. The molecule has 2 aromatic heterocycles. The van der Waals surface area contributed by atoms with E-state index in [0.717, 1.165) is 85.6 Å². The van der Waals surface area contributed by atoms with Crippen molar-refractivity contribution in [3.8, 4) is 11.5 Å². The Morgan fingerprint density at radius 1 is 1.03 bits per heavy atom. The molecule has 8 nitrogen and oxygen atoms in total. The summed E-state index contributed by atoms with van der Waals surface area (Å²) in [5, 5.41) is 1.02. The van der Waals surface area contributed by atoms with Gasteiger partial charge >= 0.3 is 0 Å². The summed E-state index contributed by atoms with van der Waals surface area (Å²) in [6.07, 6.45) is 3.59. The van der Waals surface area contributed by atoms with Crippen molar-refractivity contribution >= 4 is 32.7 Å². The number of rotatable bonds is 4. The highest BCUT2D eigenvalue weighted by atomic mass is 32.1. The van der Waals surface area contributed by atoms with Gasteiger partial charge in [0.15, 0.2) is 16.6 Å². The number of aromatic nitrogens is 2. The molecule has 0 aliphatic carbocycles. The number of fused-ring (bicyclic) bond motifs is 2. The molecule has 0 atom stereocenters. The summed E-state index contributed by atoms with van der Waals surface area (Å²) in [5.41, 5.74) is 2.17. The Morgan fingerprint density at radius 3 is 2.67 bits per heavy atom. The van der Waals surface area contributed by atoms with Gasteiger partial charge in [0.2, 0.25) is 12.7 Å². The van der Waals surface area contributed by atoms with E-state index in [1.54, 1.807) is 11.3 Å². The van der Waals surface area contributed by atoms with Gasteiger partial charge in [-0.2, -0.15) is 0 Å². The smallest absolute Gasteiger partial charge is 0.231 e. The topological polar surface area (TPSA) is 71.0 Å². The number of piperazine rings is 1. The number of ether oxygens (including phenoxy) is 2. The number of hydrogen-bond acceptors (Lipinski definition) is 8. The van der Waals surface area contributed by atoms with Crippen LogP contribution >= 0.6 is 11.3 Å². The Balaban J connectivity index is 0.996. The van der Waals surface area contributed by atoms with Crippen molar-refractivity contribution in [2.75, 3.05) is 51.0 Å². The van der Waals surface area contributed by atoms with Crippen molar-refractivity contribution < 1.29 is 14.3 Å². The monoisotopic (exact) mass is 465 g/mol. The lowest BCUT2D eigenvalue weighted by Gasteiger charge is -2.38. The second-order valence-electron chi connectivity index (χ2n) is 8.87. The molecule has 0 bridgehead atoms. The lowest BCUT2D eigenvalue weighted by atomic mass is 9.95. The van der Waals surface area contributed by atoms with Gasteiger partial charge in [-0.05, 0) is 42.7 Å². The number of benzene rings is 1. The first kappa shape index (κ1) is 20.7. The first-order valence-corrected chi connectivity index (χ1v) is 12.4. The average molecular weight is 466 g/mol. The minimum absolute atomic E-state index is 0.120. The molecule has 3 aliphatic rings. The van der Waals surface area contributed by atoms with E-state index in [1.165, 1.54) is 5.56 Å². The lowest BCUT2D eigenvalue weighted by Crippen LogP contribution is -2.51. The molecule has 1 amide bonds. The zero-order chi connectivity index (χ0) is 22.2. The van der Waals surface area contributed by atoms with Gasteiger partial charge in [-0.3, -0.25) is 9.69 Å². The third-order valence-corrected chi connectivity index (χ3v) is 7.84. The number of carbonyl (C=O) groups excluding carboxylic acids is 1. The van der Waals surface area contributed by atoms with Gasteiger partial charge in [0, 0.05) is 57.9 Å². The highest BCUT2D eigenvalue weighted by molar-refractivity contribution is 7.21. The molecule has 3 aromatic rings. The Hall–Kier alpha value is -2.91. The van der Waals surface area contributed by atoms with E-state index < -0.39 is 0 Å². The molecule has 33 heavy (non-hydrogen) atoms. The van der Waals surface area contributed by atoms with Crippen molar-refractivity contribution in [3.63, 3.8) is 0 Å². The second kappa shape index (κ2) is 8.79. The van der Waals surface area contributed by atoms with Crippen LogP contribution in [0.4, 0.5) is 5.13 Å². The molecule has 2 saturated heterocycles. The van der Waals surface area contributed by atoms with Crippen LogP contribution in [0.2, 0.25) is 0 Å². The van der Waals surface area contributed by atoms with Crippen LogP contribution in [0.1, 0.15) is 18.4 Å². The first-order valence-electron chi connectivity index (χ1n) is 11.6. The summed E-state index contributed by atoms with van der Waals surface area (Å²) >= 11 is 1.64. The largest absolute Gasteiger partial charge is 0.454 e. The highest BCUT2D eigenvalue weighted by Crippen LogP contribution is 2.33. The molecule has 6 rings (SSSR count). The van der Waals surface area contributed by atoms with Gasteiger partial charge in [-0.1, -0.05) is 17.4 Å². The van der Waals surface area contributed by atoms with Crippen LogP contribution in [0, 0.1) is 5.92 Å². The van der Waals surface area contributed by atoms with Gasteiger partial charge in [-0.15, -0.1) is 0 Å². The minimum Gasteiger partial charge on any atom is -0.454 e. The lowest BCUT2D eigenvalue weighted by molar-refractivity contribution is -0.138. The molecule has 0 saturated carbocycles. The normalized spacial score (nSPS) is 19.4. The summed E-state index contributed by atoms with van der Waals surface area (Å²) in [4.78, 5) is 30.0. The Bertz CT molecular complexity index is 1120. The fourth-order valence-electron chi connectivity index (χ4n) is 4.89. The Kier molecular flexibility index (Phi) is 5.51. The third-order valence-electron chi connectivity index (χ3n) is 6.80. The van der Waals surface area contributed by atoms with Crippen molar-refractivity contribution in [1.29, 1.82) is 0 Å². The highest BCUT2D eigenvalue weighted by Gasteiger charge is 2.31. The van der Waals surface area contributed by atoms with Crippen LogP contribution in [0.15, 0.2) is 36.5 Å². The predicted octanol–water partition coefficient (Wildman–Crippen LogP) is 2.98. The maximum absolute atomic E-state index is 13.2. The molecule has 0 radical (unpaired) electrons. The summed E-state index contributed by atoms with van der Waals surface area (Å²) in [6.45, 7) is 6.32. The Morgan fingerprint density at radius 2 is 1.85 bits per heavy atom. The van der Waals surface area contributed by atoms with Crippen molar-refractivity contribution in [1.82, 2.24) is 19.8 Å². The third kappa shape index (κ3) is 4.22. The van der Waals surface area contributed by atoms with Gasteiger partial charge in [0.1, 0.15) is 10.3 Å². The molecule has 2 fully saturated rings. The van der Waals surface area contributed by atoms with E-state index in [2.05, 4.69) is 31.8 Å². The maximum atomic E-state index is 13.2. The quantitative estimate of drug-likeness (QED) is 0.587. The van der Waals surface area contributed by atoms with Crippen molar-refractivity contribution in [3.05, 3.63) is 42.1 Å². The average Bonchev–Trinajstić information content (AvgIpc) is 3.51. The fraction of sp³-hybridized carbons (Fsp3) is 0.458. The van der Waals surface area contributed by atoms with Gasteiger partial charge in [0.25, 0.3) is 0 Å². The predicted molar refractivity (Wildman–Crippen MR) is 127 cm³/mol. The summed E-state index contributed by atoms with van der Waals surface area (Å²) in [7, 11) is 0. The van der Waals surface area contributed by atoms with E-state index >= 15 is 0 Å². The van der Waals surface area contributed by atoms with Crippen LogP contribution in [0.25, 0.3) is 10.3 Å². The molecule has 9 heteroatoms. The zero-order valence-electron chi connectivity index (χ0n) is 18.5. The van der Waals surface area contributed by atoms with Crippen LogP contribution in [0.5, 0.6) is 11.5 Å². The summed E-state index contributed by atoms with van der Waals surface area (Å²) < 4.78 is 10.9. The van der Waals surface area contributed by atoms with E-state index in [-0.39, 0.29) is 5.92 Å². The van der Waals surface area contributed by atoms with Crippen LogP contribution in [-0.4, -0.2) is 71.7 Å². The zero-order valence-corrected chi connectivity index (χ0v) is 19.3. The molecule has 172 valence electrons. The van der Waals surface area contributed by atoms with E-state index in [4.69, 9.17) is 14.5 Å². The number of anilines is 1. The molecule has 1 aromatic carbocycles. The Labute approximate surface area is 196 Å². The standard InChI is InChI=1S/C24H27N5O3S/c30-23(18-5-8-29(9-6-18)24-26-19-2-1-7-25-22(19)33-24)28-12-10-27(11-13-28)15-17-3-4-20-21(14-17)32-16-31-20/h1-4,7,14,18H,5-6,8-13,15-16H2. The molecular formula is C24H27N5O3S. The second-order valence-corrected chi connectivity index (χ2v) is 9.83. The van der Waals surface area contributed by atoms with E-state index in [9.17, 15) is 4.79 Å². The number of thiazole rings is 1.